The summed E-state index contributed by atoms with van der Waals surface area (Å²) in [4.78, 5) is 24.3. The van der Waals surface area contributed by atoms with Crippen molar-refractivity contribution in [3.63, 3.8) is 0 Å². The molecule has 0 spiro atoms. The molecule has 1 N–H and O–H groups in total. The number of amides is 1. The maximum atomic E-state index is 12.2. The Bertz CT molecular complexity index is 854. The second-order valence-corrected chi connectivity index (χ2v) is 6.96. The second kappa shape index (κ2) is 8.78. The lowest BCUT2D eigenvalue weighted by Crippen LogP contribution is -2.38. The highest BCUT2D eigenvalue weighted by molar-refractivity contribution is 5.92. The normalized spacial score (nSPS) is 15.0. The van der Waals surface area contributed by atoms with Gasteiger partial charge in [-0.1, -0.05) is 29.8 Å². The largest absolute Gasteiger partial charge is 0.485 e. The maximum Gasteiger partial charge on any atom is 0.350 e. The fraction of sp³-hybridized carbons (Fsp3) is 0.364. The molecule has 1 unspecified atom stereocenters. The molecule has 1 aliphatic heterocycles. The molecule has 1 amide bonds. The molecule has 1 atom stereocenters. The first-order chi connectivity index (χ1) is 13.4. The maximum absolute atomic E-state index is 12.2. The van der Waals surface area contributed by atoms with Gasteiger partial charge in [0.25, 0.3) is 0 Å². The van der Waals surface area contributed by atoms with Crippen LogP contribution in [0.4, 0.5) is 5.69 Å². The van der Waals surface area contributed by atoms with Crippen molar-refractivity contribution in [1.29, 1.82) is 0 Å². The molecule has 0 saturated heterocycles. The lowest BCUT2D eigenvalue weighted by Gasteiger charge is -2.24. The van der Waals surface area contributed by atoms with Gasteiger partial charge in [0, 0.05) is 12.1 Å². The Labute approximate surface area is 164 Å². The minimum Gasteiger partial charge on any atom is -0.485 e. The molecule has 6 heteroatoms. The van der Waals surface area contributed by atoms with Crippen molar-refractivity contribution in [2.24, 2.45) is 0 Å². The number of benzene rings is 2. The molecule has 0 fully saturated rings. The second-order valence-electron chi connectivity index (χ2n) is 6.96. The molecule has 3 rings (SSSR count). The number of hydrogen-bond donors (Lipinski definition) is 1. The van der Waals surface area contributed by atoms with Crippen molar-refractivity contribution >= 4 is 17.6 Å². The Hall–Kier alpha value is -3.02. The molecule has 1 heterocycles. The summed E-state index contributed by atoms with van der Waals surface area (Å²) in [5.41, 5.74) is 4.08. The number of hydrogen-bond acceptors (Lipinski definition) is 5. The number of nitrogens with one attached hydrogen (secondary N) is 1. The number of carbonyl (C=O) groups is 2. The molecule has 28 heavy (non-hydrogen) atoms. The summed E-state index contributed by atoms with van der Waals surface area (Å²) in [6.07, 6.45) is -0.0853. The van der Waals surface area contributed by atoms with Gasteiger partial charge < -0.3 is 19.5 Å². The number of ether oxygens (including phenoxy) is 3. The molecule has 0 saturated carbocycles. The van der Waals surface area contributed by atoms with E-state index in [0.717, 1.165) is 22.4 Å². The number of esters is 1. The van der Waals surface area contributed by atoms with E-state index in [1.165, 1.54) is 0 Å². The molecule has 148 valence electrons. The van der Waals surface area contributed by atoms with Gasteiger partial charge in [0.1, 0.15) is 6.61 Å². The lowest BCUT2D eigenvalue weighted by molar-refractivity contribution is -0.154. The summed E-state index contributed by atoms with van der Waals surface area (Å²) in [6, 6.07) is 11.3. The van der Waals surface area contributed by atoms with Crippen LogP contribution in [-0.4, -0.2) is 31.2 Å². The first-order valence-electron chi connectivity index (χ1n) is 9.37. The molecule has 2 aromatic rings. The van der Waals surface area contributed by atoms with Gasteiger partial charge in [-0.2, -0.15) is 0 Å². The molecule has 2 aromatic carbocycles. The molecule has 0 aromatic heterocycles. The third-order valence-electron chi connectivity index (χ3n) is 4.51. The summed E-state index contributed by atoms with van der Waals surface area (Å²) in [7, 11) is 0. The third kappa shape index (κ3) is 4.82. The quantitative estimate of drug-likeness (QED) is 0.608. The van der Waals surface area contributed by atoms with Crippen LogP contribution in [0.25, 0.3) is 0 Å². The van der Waals surface area contributed by atoms with Crippen molar-refractivity contribution in [3.8, 4) is 11.5 Å². The average Bonchev–Trinajstić information content (AvgIpc) is 2.67. The Morgan fingerprint density at radius 2 is 1.79 bits per heavy atom. The number of anilines is 1. The van der Waals surface area contributed by atoms with Crippen LogP contribution in [0.15, 0.2) is 36.4 Å². The van der Waals surface area contributed by atoms with Crippen molar-refractivity contribution in [2.45, 2.75) is 39.7 Å². The van der Waals surface area contributed by atoms with Crippen LogP contribution in [0.3, 0.4) is 0 Å². The van der Waals surface area contributed by atoms with E-state index in [1.807, 2.05) is 45.0 Å². The summed E-state index contributed by atoms with van der Waals surface area (Å²) in [5, 5.41) is 2.94. The van der Waals surface area contributed by atoms with E-state index in [0.29, 0.717) is 17.9 Å². The number of rotatable bonds is 6. The van der Waals surface area contributed by atoms with Crippen LogP contribution in [0.1, 0.15) is 29.5 Å². The Kier molecular flexibility index (Phi) is 6.19. The highest BCUT2D eigenvalue weighted by atomic mass is 16.6. The van der Waals surface area contributed by atoms with Gasteiger partial charge in [0.2, 0.25) is 12.0 Å². The van der Waals surface area contributed by atoms with Gasteiger partial charge in [0.15, 0.2) is 11.5 Å². The zero-order valence-electron chi connectivity index (χ0n) is 16.4. The smallest absolute Gasteiger partial charge is 0.350 e. The van der Waals surface area contributed by atoms with Crippen LogP contribution < -0.4 is 14.8 Å². The number of para-hydroxylation sites is 2. The Morgan fingerprint density at radius 3 is 2.50 bits per heavy atom. The van der Waals surface area contributed by atoms with E-state index in [-0.39, 0.29) is 25.5 Å². The van der Waals surface area contributed by atoms with E-state index in [1.54, 1.807) is 12.1 Å². The molecule has 0 radical (unpaired) electrons. The zero-order valence-corrected chi connectivity index (χ0v) is 16.4. The minimum absolute atomic E-state index is 0.0997. The highest BCUT2D eigenvalue weighted by Gasteiger charge is 2.28. The Balaban J connectivity index is 1.41. The van der Waals surface area contributed by atoms with E-state index in [9.17, 15) is 9.59 Å². The van der Waals surface area contributed by atoms with Crippen LogP contribution in [0, 0.1) is 20.8 Å². The number of fused-ring (bicyclic) bond motifs is 1. The average molecular weight is 383 g/mol. The van der Waals surface area contributed by atoms with Gasteiger partial charge in [-0.15, -0.1) is 0 Å². The standard InChI is InChI=1S/C22H25NO5/c1-14-11-15(2)21(16(3)12-14)23-20(24)9-6-10-26-22(25)19-13-27-17-7-4-5-8-18(17)28-19/h4-5,7-8,11-12,19H,6,9-10,13H2,1-3H3,(H,23,24). The SMILES string of the molecule is Cc1cc(C)c(NC(=O)CCCOC(=O)C2COc3ccccc3O2)c(C)c1. The molecular formula is C22H25NO5. The van der Waals surface area contributed by atoms with E-state index in [4.69, 9.17) is 14.2 Å². The van der Waals surface area contributed by atoms with Crippen LogP contribution in [0.2, 0.25) is 0 Å². The highest BCUT2D eigenvalue weighted by Crippen LogP contribution is 2.31. The van der Waals surface area contributed by atoms with Crippen LogP contribution in [-0.2, 0) is 14.3 Å². The van der Waals surface area contributed by atoms with Crippen molar-refractivity contribution in [3.05, 3.63) is 53.1 Å². The molecule has 0 aliphatic carbocycles. The molecule has 0 bridgehead atoms. The monoisotopic (exact) mass is 383 g/mol. The van der Waals surface area contributed by atoms with E-state index in [2.05, 4.69) is 5.32 Å². The zero-order chi connectivity index (χ0) is 20.1. The summed E-state index contributed by atoms with van der Waals surface area (Å²) >= 11 is 0. The van der Waals surface area contributed by atoms with Crippen molar-refractivity contribution < 1.29 is 23.8 Å². The van der Waals surface area contributed by atoms with Crippen molar-refractivity contribution in [2.75, 3.05) is 18.5 Å². The fourth-order valence-electron chi connectivity index (χ4n) is 3.21. The van der Waals surface area contributed by atoms with Gasteiger partial charge >= 0.3 is 5.97 Å². The van der Waals surface area contributed by atoms with Gasteiger partial charge in [-0.3, -0.25) is 4.79 Å². The topological polar surface area (TPSA) is 73.9 Å². The molecule has 6 nitrogen and oxygen atoms in total. The van der Waals surface area contributed by atoms with E-state index >= 15 is 0 Å². The summed E-state index contributed by atoms with van der Waals surface area (Å²) in [6.45, 7) is 6.24. The lowest BCUT2D eigenvalue weighted by atomic mass is 10.0. The molecule has 1 aliphatic rings. The number of carbonyl (C=O) groups excluding carboxylic acids is 2. The van der Waals surface area contributed by atoms with Gasteiger partial charge in [0.05, 0.1) is 6.61 Å². The van der Waals surface area contributed by atoms with Gasteiger partial charge in [-0.25, -0.2) is 4.79 Å². The summed E-state index contributed by atoms with van der Waals surface area (Å²) < 4.78 is 16.4. The van der Waals surface area contributed by atoms with E-state index < -0.39 is 12.1 Å². The number of aryl methyl sites for hydroxylation is 3. The van der Waals surface area contributed by atoms with Crippen LogP contribution in [0.5, 0.6) is 11.5 Å². The van der Waals surface area contributed by atoms with Crippen molar-refractivity contribution in [1.82, 2.24) is 0 Å². The van der Waals surface area contributed by atoms with Gasteiger partial charge in [-0.05, 0) is 50.5 Å². The first kappa shape index (κ1) is 19.7. The summed E-state index contributed by atoms with van der Waals surface area (Å²) in [5.74, 6) is 0.557. The Morgan fingerprint density at radius 1 is 1.11 bits per heavy atom. The predicted octanol–water partition coefficient (Wildman–Crippen LogP) is 3.71. The predicted molar refractivity (Wildman–Crippen MR) is 106 cm³/mol. The van der Waals surface area contributed by atoms with Crippen LogP contribution >= 0.6 is 0 Å². The first-order valence-corrected chi connectivity index (χ1v) is 9.37. The minimum atomic E-state index is -0.790. The fourth-order valence-corrected chi connectivity index (χ4v) is 3.21. The molecular weight excluding hydrogens is 358 g/mol. The third-order valence-corrected chi connectivity index (χ3v) is 4.51.